The maximum atomic E-state index is 5.92. The van der Waals surface area contributed by atoms with Gasteiger partial charge in [-0.25, -0.2) is 9.97 Å². The SMILES string of the molecule is CCCCCCCCCCCCOc1ccc(-c2ncc(CCCCCCC)cn2)cc1. The van der Waals surface area contributed by atoms with Gasteiger partial charge in [0.25, 0.3) is 0 Å². The van der Waals surface area contributed by atoms with Crippen LogP contribution >= 0.6 is 0 Å². The van der Waals surface area contributed by atoms with Crippen molar-refractivity contribution in [2.75, 3.05) is 6.61 Å². The van der Waals surface area contributed by atoms with Crippen molar-refractivity contribution in [1.82, 2.24) is 9.97 Å². The van der Waals surface area contributed by atoms with Gasteiger partial charge in [0.1, 0.15) is 5.75 Å². The van der Waals surface area contributed by atoms with E-state index in [9.17, 15) is 0 Å². The molecule has 2 aromatic rings. The molecule has 0 bridgehead atoms. The second kappa shape index (κ2) is 17.6. The van der Waals surface area contributed by atoms with E-state index in [-0.39, 0.29) is 0 Å². The van der Waals surface area contributed by atoms with Gasteiger partial charge in [-0.3, -0.25) is 0 Å². The Balaban J connectivity index is 1.57. The van der Waals surface area contributed by atoms with Crippen molar-refractivity contribution in [3.05, 3.63) is 42.2 Å². The first-order valence-electron chi connectivity index (χ1n) is 13.4. The van der Waals surface area contributed by atoms with Crippen LogP contribution in [0.4, 0.5) is 0 Å². The van der Waals surface area contributed by atoms with Crippen molar-refractivity contribution < 1.29 is 4.74 Å². The van der Waals surface area contributed by atoms with Crippen LogP contribution in [0.3, 0.4) is 0 Å². The predicted molar refractivity (Wildman–Crippen MR) is 137 cm³/mol. The summed E-state index contributed by atoms with van der Waals surface area (Å²) in [7, 11) is 0. The van der Waals surface area contributed by atoms with Crippen molar-refractivity contribution >= 4 is 0 Å². The van der Waals surface area contributed by atoms with E-state index in [1.807, 2.05) is 24.5 Å². The highest BCUT2D eigenvalue weighted by molar-refractivity contribution is 5.55. The fraction of sp³-hybridized carbons (Fsp3) is 0.655. The number of hydrogen-bond acceptors (Lipinski definition) is 3. The molecule has 2 rings (SSSR count). The van der Waals surface area contributed by atoms with Gasteiger partial charge >= 0.3 is 0 Å². The molecule has 3 nitrogen and oxygen atoms in total. The lowest BCUT2D eigenvalue weighted by molar-refractivity contribution is 0.304. The number of hydrogen-bond donors (Lipinski definition) is 0. The molecule has 1 aromatic carbocycles. The van der Waals surface area contributed by atoms with Crippen molar-refractivity contribution in [2.45, 2.75) is 117 Å². The molecule has 0 aliphatic heterocycles. The molecule has 0 saturated heterocycles. The molecule has 0 spiro atoms. The number of unbranched alkanes of at least 4 members (excludes halogenated alkanes) is 13. The van der Waals surface area contributed by atoms with Crippen molar-refractivity contribution in [3.63, 3.8) is 0 Å². The van der Waals surface area contributed by atoms with Crippen LogP contribution in [0, 0.1) is 0 Å². The topological polar surface area (TPSA) is 35.0 Å². The first kappa shape index (κ1) is 26.4. The van der Waals surface area contributed by atoms with E-state index in [0.717, 1.165) is 36.6 Å². The van der Waals surface area contributed by atoms with E-state index in [1.54, 1.807) is 0 Å². The summed E-state index contributed by atoms with van der Waals surface area (Å²) in [5, 5.41) is 0. The predicted octanol–water partition coefficient (Wildman–Crippen LogP) is 8.96. The maximum Gasteiger partial charge on any atom is 0.159 e. The van der Waals surface area contributed by atoms with E-state index in [0.29, 0.717) is 0 Å². The van der Waals surface area contributed by atoms with E-state index >= 15 is 0 Å². The van der Waals surface area contributed by atoms with E-state index < -0.39 is 0 Å². The zero-order chi connectivity index (χ0) is 22.7. The molecule has 0 unspecified atom stereocenters. The average Bonchev–Trinajstić information content (AvgIpc) is 2.83. The summed E-state index contributed by atoms with van der Waals surface area (Å²) >= 11 is 0. The summed E-state index contributed by atoms with van der Waals surface area (Å²) in [6, 6.07) is 8.20. The largest absolute Gasteiger partial charge is 0.494 e. The molecule has 1 heterocycles. The smallest absolute Gasteiger partial charge is 0.159 e. The van der Waals surface area contributed by atoms with E-state index in [1.165, 1.54) is 95.5 Å². The van der Waals surface area contributed by atoms with Crippen LogP contribution in [-0.2, 0) is 6.42 Å². The maximum absolute atomic E-state index is 5.92. The number of aryl methyl sites for hydroxylation is 1. The van der Waals surface area contributed by atoms with Gasteiger partial charge in [0.2, 0.25) is 0 Å². The fourth-order valence-electron chi connectivity index (χ4n) is 4.05. The first-order chi connectivity index (χ1) is 15.8. The van der Waals surface area contributed by atoms with Gasteiger partial charge in [0.05, 0.1) is 6.61 Å². The highest BCUT2D eigenvalue weighted by Gasteiger charge is 2.03. The third kappa shape index (κ3) is 11.6. The van der Waals surface area contributed by atoms with Gasteiger partial charge in [-0.15, -0.1) is 0 Å². The Morgan fingerprint density at radius 1 is 0.594 bits per heavy atom. The third-order valence-electron chi connectivity index (χ3n) is 6.15. The lowest BCUT2D eigenvalue weighted by Gasteiger charge is -2.07. The fourth-order valence-corrected chi connectivity index (χ4v) is 4.05. The van der Waals surface area contributed by atoms with Gasteiger partial charge < -0.3 is 4.74 Å². The normalized spacial score (nSPS) is 11.1. The lowest BCUT2D eigenvalue weighted by Crippen LogP contribution is -1.97. The molecule has 3 heteroatoms. The van der Waals surface area contributed by atoms with Gasteiger partial charge in [-0.2, -0.15) is 0 Å². The Morgan fingerprint density at radius 3 is 1.66 bits per heavy atom. The minimum Gasteiger partial charge on any atom is -0.494 e. The third-order valence-corrected chi connectivity index (χ3v) is 6.15. The van der Waals surface area contributed by atoms with Crippen molar-refractivity contribution in [1.29, 1.82) is 0 Å². The van der Waals surface area contributed by atoms with Crippen LogP contribution in [0.25, 0.3) is 11.4 Å². The van der Waals surface area contributed by atoms with Crippen LogP contribution < -0.4 is 4.74 Å². The number of ether oxygens (including phenoxy) is 1. The van der Waals surface area contributed by atoms with Gasteiger partial charge in [-0.1, -0.05) is 97.3 Å². The van der Waals surface area contributed by atoms with Crippen LogP contribution in [-0.4, -0.2) is 16.6 Å². The van der Waals surface area contributed by atoms with Crippen molar-refractivity contribution in [2.24, 2.45) is 0 Å². The molecule has 1 aromatic heterocycles. The Bertz CT molecular complexity index is 681. The second-order valence-electron chi connectivity index (χ2n) is 9.13. The summed E-state index contributed by atoms with van der Waals surface area (Å²) in [5.74, 6) is 1.73. The molecule has 0 N–H and O–H groups in total. The minimum absolute atomic E-state index is 0.793. The monoisotopic (exact) mass is 438 g/mol. The summed E-state index contributed by atoms with van der Waals surface area (Å²) in [6.07, 6.45) is 25.0. The molecule has 0 atom stereocenters. The number of aromatic nitrogens is 2. The molecular formula is C29H46N2O. The molecular weight excluding hydrogens is 392 g/mol. The Morgan fingerprint density at radius 2 is 1.09 bits per heavy atom. The highest BCUT2D eigenvalue weighted by Crippen LogP contribution is 2.20. The lowest BCUT2D eigenvalue weighted by atomic mass is 10.1. The van der Waals surface area contributed by atoms with Crippen LogP contribution in [0.2, 0.25) is 0 Å². The van der Waals surface area contributed by atoms with Gasteiger partial charge in [0, 0.05) is 18.0 Å². The quantitative estimate of drug-likeness (QED) is 0.205. The number of benzene rings is 1. The second-order valence-corrected chi connectivity index (χ2v) is 9.13. The highest BCUT2D eigenvalue weighted by atomic mass is 16.5. The number of rotatable bonds is 19. The average molecular weight is 439 g/mol. The standard InChI is InChI=1S/C29H46N2O/c1-3-5-7-9-10-11-12-13-15-17-23-32-28-21-19-27(20-22-28)29-30-24-26(25-31-29)18-16-14-8-6-4-2/h19-22,24-25H,3-18,23H2,1-2H3. The molecule has 0 fully saturated rings. The van der Waals surface area contributed by atoms with Crippen LogP contribution in [0.5, 0.6) is 5.75 Å². The molecule has 0 saturated carbocycles. The van der Waals surface area contributed by atoms with Crippen LogP contribution in [0.15, 0.2) is 36.7 Å². The Labute approximate surface area is 197 Å². The molecule has 0 amide bonds. The summed E-state index contributed by atoms with van der Waals surface area (Å²) < 4.78 is 5.92. The Hall–Kier alpha value is -1.90. The Kier molecular flexibility index (Phi) is 14.5. The zero-order valence-corrected chi connectivity index (χ0v) is 20.8. The van der Waals surface area contributed by atoms with Crippen molar-refractivity contribution in [3.8, 4) is 17.1 Å². The summed E-state index contributed by atoms with van der Waals surface area (Å²) in [5.41, 5.74) is 2.28. The molecule has 0 aliphatic carbocycles. The number of nitrogens with zero attached hydrogens (tertiary/aromatic N) is 2. The molecule has 32 heavy (non-hydrogen) atoms. The van der Waals surface area contributed by atoms with E-state index in [4.69, 9.17) is 4.74 Å². The molecule has 0 radical (unpaired) electrons. The summed E-state index contributed by atoms with van der Waals surface area (Å²) in [4.78, 5) is 9.15. The van der Waals surface area contributed by atoms with Crippen LogP contribution in [0.1, 0.15) is 116 Å². The zero-order valence-electron chi connectivity index (χ0n) is 20.8. The molecule has 178 valence electrons. The van der Waals surface area contributed by atoms with Gasteiger partial charge in [0.15, 0.2) is 5.82 Å². The van der Waals surface area contributed by atoms with E-state index in [2.05, 4.69) is 35.9 Å². The first-order valence-corrected chi connectivity index (χ1v) is 13.4. The minimum atomic E-state index is 0.793. The van der Waals surface area contributed by atoms with Gasteiger partial charge in [-0.05, 0) is 49.1 Å². The summed E-state index contributed by atoms with van der Waals surface area (Å²) in [6.45, 7) is 5.34. The molecule has 0 aliphatic rings.